The van der Waals surface area contributed by atoms with Crippen molar-refractivity contribution in [3.63, 3.8) is 0 Å². The normalized spacial score (nSPS) is 17.0. The number of amides is 1. The third-order valence-electron chi connectivity index (χ3n) is 6.81. The van der Waals surface area contributed by atoms with Crippen molar-refractivity contribution in [1.29, 1.82) is 0 Å². The Morgan fingerprint density at radius 2 is 1.68 bits per heavy atom. The van der Waals surface area contributed by atoms with E-state index in [0.717, 1.165) is 22.3 Å². The molecule has 0 aliphatic carbocycles. The molecule has 0 unspecified atom stereocenters. The fourth-order valence-corrected chi connectivity index (χ4v) is 4.71. The summed E-state index contributed by atoms with van der Waals surface area (Å²) in [5.74, 6) is -0.787. The standard InChI is InChI=1S/C30H34FNO6/c1-5-37-27(34)25-17-32(28(35)38-29(2,3)4)15-14-24(25)21-8-10-22(11-9-21)30(18-36-19-30)26(33)16-20-6-12-23(31)13-7-20/h6-13H,5,14-19H2,1-4H3. The first-order chi connectivity index (χ1) is 18.0. The molecule has 0 saturated carbocycles. The molecule has 1 saturated heterocycles. The predicted octanol–water partition coefficient (Wildman–Crippen LogP) is 4.86. The van der Waals surface area contributed by atoms with Crippen molar-refractivity contribution >= 4 is 23.4 Å². The zero-order valence-corrected chi connectivity index (χ0v) is 22.3. The highest BCUT2D eigenvalue weighted by Gasteiger charge is 2.46. The van der Waals surface area contributed by atoms with Crippen LogP contribution >= 0.6 is 0 Å². The number of esters is 1. The Hall–Kier alpha value is -3.52. The maximum absolute atomic E-state index is 13.3. The first kappa shape index (κ1) is 27.5. The van der Waals surface area contributed by atoms with Crippen LogP contribution in [0.25, 0.3) is 5.57 Å². The monoisotopic (exact) mass is 523 g/mol. The third-order valence-corrected chi connectivity index (χ3v) is 6.81. The molecule has 2 heterocycles. The van der Waals surface area contributed by atoms with Crippen molar-refractivity contribution in [2.24, 2.45) is 0 Å². The zero-order chi connectivity index (χ0) is 27.5. The second kappa shape index (κ2) is 11.1. The summed E-state index contributed by atoms with van der Waals surface area (Å²) in [6.07, 6.45) is 0.175. The highest BCUT2D eigenvalue weighted by Crippen LogP contribution is 2.36. The number of halogens is 1. The van der Waals surface area contributed by atoms with Crippen LogP contribution in [-0.4, -0.2) is 61.3 Å². The molecule has 2 aromatic rings. The highest BCUT2D eigenvalue weighted by atomic mass is 19.1. The lowest BCUT2D eigenvalue weighted by Crippen LogP contribution is -2.53. The zero-order valence-electron chi connectivity index (χ0n) is 22.3. The van der Waals surface area contributed by atoms with Gasteiger partial charge in [-0.15, -0.1) is 0 Å². The van der Waals surface area contributed by atoms with Crippen molar-refractivity contribution in [2.45, 2.75) is 51.6 Å². The number of rotatable bonds is 7. The summed E-state index contributed by atoms with van der Waals surface area (Å²) in [5.41, 5.74) is 2.25. The van der Waals surface area contributed by atoms with Gasteiger partial charge in [0, 0.05) is 13.0 Å². The Morgan fingerprint density at radius 1 is 1.03 bits per heavy atom. The first-order valence-corrected chi connectivity index (χ1v) is 12.9. The minimum absolute atomic E-state index is 0.0141. The first-order valence-electron chi connectivity index (χ1n) is 12.9. The van der Waals surface area contributed by atoms with Crippen molar-refractivity contribution in [3.05, 3.63) is 76.6 Å². The number of ether oxygens (including phenoxy) is 3. The van der Waals surface area contributed by atoms with Gasteiger partial charge in [0.05, 0.1) is 31.9 Å². The quantitative estimate of drug-likeness (QED) is 0.482. The fourth-order valence-electron chi connectivity index (χ4n) is 4.71. The van der Waals surface area contributed by atoms with Crippen LogP contribution in [-0.2, 0) is 35.6 Å². The van der Waals surface area contributed by atoms with E-state index in [2.05, 4.69) is 0 Å². The Balaban J connectivity index is 1.57. The van der Waals surface area contributed by atoms with Crippen molar-refractivity contribution in [3.8, 4) is 0 Å². The van der Waals surface area contributed by atoms with Gasteiger partial charge in [-0.3, -0.25) is 4.79 Å². The van der Waals surface area contributed by atoms with Gasteiger partial charge in [0.25, 0.3) is 0 Å². The number of hydrogen-bond donors (Lipinski definition) is 0. The number of nitrogens with zero attached hydrogens (tertiary/aromatic N) is 1. The summed E-state index contributed by atoms with van der Waals surface area (Å²) in [6, 6.07) is 13.5. The molecule has 202 valence electrons. The van der Waals surface area contributed by atoms with Gasteiger partial charge < -0.3 is 19.1 Å². The highest BCUT2D eigenvalue weighted by molar-refractivity contribution is 5.99. The van der Waals surface area contributed by atoms with Gasteiger partial charge in [-0.2, -0.15) is 0 Å². The molecule has 0 N–H and O–H groups in total. The SMILES string of the molecule is CCOC(=O)C1=C(c2ccc(C3(C(=O)Cc4ccc(F)cc4)COC3)cc2)CCN(C(=O)OC(C)(C)C)C1. The van der Waals surface area contributed by atoms with E-state index in [1.165, 1.54) is 17.0 Å². The maximum atomic E-state index is 13.3. The van der Waals surface area contributed by atoms with Crippen LogP contribution in [0.1, 0.15) is 50.8 Å². The topological polar surface area (TPSA) is 82.1 Å². The number of ketones is 1. The smallest absolute Gasteiger partial charge is 0.410 e. The molecular weight excluding hydrogens is 489 g/mol. The Bertz CT molecular complexity index is 1220. The summed E-state index contributed by atoms with van der Waals surface area (Å²) >= 11 is 0. The predicted molar refractivity (Wildman–Crippen MR) is 140 cm³/mol. The Kier molecular flexibility index (Phi) is 8.02. The average molecular weight is 524 g/mol. The lowest BCUT2D eigenvalue weighted by Gasteiger charge is -2.40. The average Bonchev–Trinajstić information content (AvgIpc) is 2.84. The molecule has 0 spiro atoms. The van der Waals surface area contributed by atoms with Gasteiger partial charge in [0.15, 0.2) is 5.78 Å². The van der Waals surface area contributed by atoms with E-state index < -0.39 is 23.1 Å². The number of benzene rings is 2. The van der Waals surface area contributed by atoms with Crippen LogP contribution in [0.5, 0.6) is 0 Å². The summed E-state index contributed by atoms with van der Waals surface area (Å²) in [5, 5.41) is 0. The summed E-state index contributed by atoms with van der Waals surface area (Å²) in [6.45, 7) is 8.44. The van der Waals surface area contributed by atoms with Crippen molar-refractivity contribution in [1.82, 2.24) is 4.90 Å². The van der Waals surface area contributed by atoms with E-state index in [1.54, 1.807) is 39.8 Å². The molecule has 0 aromatic heterocycles. The van der Waals surface area contributed by atoms with E-state index >= 15 is 0 Å². The van der Waals surface area contributed by atoms with Crippen LogP contribution in [0, 0.1) is 5.82 Å². The van der Waals surface area contributed by atoms with Crippen LogP contribution in [0.4, 0.5) is 9.18 Å². The molecule has 2 aliphatic rings. The Morgan fingerprint density at radius 3 is 2.24 bits per heavy atom. The van der Waals surface area contributed by atoms with E-state index in [9.17, 15) is 18.8 Å². The van der Waals surface area contributed by atoms with E-state index in [4.69, 9.17) is 14.2 Å². The fraction of sp³-hybridized carbons (Fsp3) is 0.433. The van der Waals surface area contributed by atoms with Gasteiger partial charge in [-0.25, -0.2) is 14.0 Å². The summed E-state index contributed by atoms with van der Waals surface area (Å²) in [4.78, 5) is 40.3. The number of carbonyl (C=O) groups is 3. The van der Waals surface area contributed by atoms with Crippen LogP contribution in [0.15, 0.2) is 54.1 Å². The molecule has 1 fully saturated rings. The molecule has 38 heavy (non-hydrogen) atoms. The van der Waals surface area contributed by atoms with Crippen LogP contribution in [0.3, 0.4) is 0 Å². The van der Waals surface area contributed by atoms with E-state index in [1.807, 2.05) is 24.3 Å². The molecular formula is C30H34FNO6. The summed E-state index contributed by atoms with van der Waals surface area (Å²) in [7, 11) is 0. The number of carbonyl (C=O) groups excluding carboxylic acids is 3. The van der Waals surface area contributed by atoms with Crippen LogP contribution < -0.4 is 0 Å². The van der Waals surface area contributed by atoms with Gasteiger partial charge in [-0.05, 0) is 68.5 Å². The van der Waals surface area contributed by atoms with Gasteiger partial charge >= 0.3 is 12.1 Å². The molecule has 2 aromatic carbocycles. The van der Waals surface area contributed by atoms with Gasteiger partial charge in [0.1, 0.15) is 16.8 Å². The lowest BCUT2D eigenvalue weighted by atomic mass is 9.73. The minimum Gasteiger partial charge on any atom is -0.463 e. The van der Waals surface area contributed by atoms with Gasteiger partial charge in [0.2, 0.25) is 0 Å². The van der Waals surface area contributed by atoms with Crippen LogP contribution in [0.2, 0.25) is 0 Å². The maximum Gasteiger partial charge on any atom is 0.410 e. The lowest BCUT2D eigenvalue weighted by molar-refractivity contribution is -0.142. The second-order valence-corrected chi connectivity index (χ2v) is 10.7. The molecule has 8 heteroatoms. The van der Waals surface area contributed by atoms with Gasteiger partial charge in [-0.1, -0.05) is 36.4 Å². The van der Waals surface area contributed by atoms with E-state index in [-0.39, 0.29) is 44.4 Å². The molecule has 2 aliphatic heterocycles. The Labute approximate surface area is 222 Å². The van der Waals surface area contributed by atoms with Crippen molar-refractivity contribution < 1.29 is 33.0 Å². The summed E-state index contributed by atoms with van der Waals surface area (Å²) < 4.78 is 29.5. The third kappa shape index (κ3) is 5.96. The molecule has 7 nitrogen and oxygen atoms in total. The molecule has 0 radical (unpaired) electrons. The molecule has 0 bridgehead atoms. The minimum atomic E-state index is -0.759. The second-order valence-electron chi connectivity index (χ2n) is 10.7. The van der Waals surface area contributed by atoms with Crippen molar-refractivity contribution in [2.75, 3.05) is 32.9 Å². The van der Waals surface area contributed by atoms with E-state index in [0.29, 0.717) is 18.5 Å². The number of Topliss-reactive ketones (excluding diaryl/α,β-unsaturated/α-hetero) is 1. The largest absolute Gasteiger partial charge is 0.463 e. The molecule has 4 rings (SSSR count). The molecule has 0 atom stereocenters. The molecule has 1 amide bonds. The number of hydrogen-bond acceptors (Lipinski definition) is 6.